The third kappa shape index (κ3) is 5.53. The van der Waals surface area contributed by atoms with Crippen LogP contribution in [-0.2, 0) is 24.3 Å². The highest BCUT2D eigenvalue weighted by Crippen LogP contribution is 2.30. The molecule has 0 unspecified atom stereocenters. The van der Waals surface area contributed by atoms with Gasteiger partial charge in [-0.25, -0.2) is 18.0 Å². The van der Waals surface area contributed by atoms with Crippen molar-refractivity contribution >= 4 is 56.8 Å². The second-order valence-corrected chi connectivity index (χ2v) is 8.93. The molecule has 1 N–H and O–H groups in total. The number of methoxy groups -OCH3 is 2. The van der Waals surface area contributed by atoms with Gasteiger partial charge in [-0.05, 0) is 30.3 Å². The number of esters is 2. The number of halogens is 2. The minimum Gasteiger partial charge on any atom is -0.465 e. The molecule has 0 spiro atoms. The number of ether oxygens (including phenoxy) is 2. The third-order valence-electron chi connectivity index (χ3n) is 4.09. The molecule has 0 heterocycles. The number of para-hydroxylation sites is 1. The van der Waals surface area contributed by atoms with Gasteiger partial charge in [0.2, 0.25) is 15.9 Å². The molecule has 9 nitrogen and oxygen atoms in total. The number of hydrogen-bond acceptors (Lipinski definition) is 7. The number of benzene rings is 2. The lowest BCUT2D eigenvalue weighted by Gasteiger charge is -2.19. The zero-order valence-electron chi connectivity index (χ0n) is 16.6. The van der Waals surface area contributed by atoms with Crippen LogP contribution in [0.5, 0.6) is 0 Å². The van der Waals surface area contributed by atoms with Crippen molar-refractivity contribution in [3.05, 3.63) is 57.6 Å². The second kappa shape index (κ2) is 10.1. The number of anilines is 1. The van der Waals surface area contributed by atoms with Crippen LogP contribution in [0, 0.1) is 0 Å². The molecular formula is C19H18Cl2N2O7S. The van der Waals surface area contributed by atoms with Gasteiger partial charge in [0.15, 0.2) is 0 Å². The average Bonchev–Trinajstić information content (AvgIpc) is 2.74. The van der Waals surface area contributed by atoms with Crippen molar-refractivity contribution in [1.82, 2.24) is 4.31 Å². The van der Waals surface area contributed by atoms with E-state index in [0.29, 0.717) is 4.31 Å². The molecule has 0 aliphatic rings. The Bertz CT molecular complexity index is 1120. The van der Waals surface area contributed by atoms with Gasteiger partial charge in [-0.15, -0.1) is 0 Å². The Balaban J connectivity index is 2.37. The highest BCUT2D eigenvalue weighted by atomic mass is 35.5. The van der Waals surface area contributed by atoms with E-state index >= 15 is 0 Å². The number of amides is 1. The smallest absolute Gasteiger partial charge is 0.339 e. The zero-order valence-corrected chi connectivity index (χ0v) is 19.0. The van der Waals surface area contributed by atoms with Crippen LogP contribution in [0.2, 0.25) is 10.0 Å². The van der Waals surface area contributed by atoms with Gasteiger partial charge >= 0.3 is 11.9 Å². The first-order valence-electron chi connectivity index (χ1n) is 8.53. The molecule has 0 aromatic heterocycles. The first-order chi connectivity index (χ1) is 14.5. The average molecular weight is 489 g/mol. The minimum absolute atomic E-state index is 0.102. The van der Waals surface area contributed by atoms with Gasteiger partial charge in [-0.1, -0.05) is 29.3 Å². The van der Waals surface area contributed by atoms with Crippen molar-refractivity contribution in [2.45, 2.75) is 4.90 Å². The summed E-state index contributed by atoms with van der Waals surface area (Å²) in [5, 5.41) is 2.79. The predicted molar refractivity (Wildman–Crippen MR) is 114 cm³/mol. The van der Waals surface area contributed by atoms with Crippen LogP contribution in [0.1, 0.15) is 20.7 Å². The van der Waals surface area contributed by atoms with E-state index in [-0.39, 0.29) is 26.9 Å². The predicted octanol–water partition coefficient (Wildman–Crippen LogP) is 2.83. The van der Waals surface area contributed by atoms with Crippen molar-refractivity contribution < 1.29 is 32.3 Å². The fourth-order valence-electron chi connectivity index (χ4n) is 2.51. The van der Waals surface area contributed by atoms with E-state index < -0.39 is 39.3 Å². The summed E-state index contributed by atoms with van der Waals surface area (Å²) in [6.45, 7) is -0.632. The Morgan fingerprint density at radius 2 is 1.58 bits per heavy atom. The maximum absolute atomic E-state index is 13.1. The molecule has 0 fully saturated rings. The number of rotatable bonds is 7. The summed E-state index contributed by atoms with van der Waals surface area (Å²) in [6, 6.07) is 7.92. The van der Waals surface area contributed by atoms with Crippen molar-refractivity contribution in [3.8, 4) is 0 Å². The zero-order chi connectivity index (χ0) is 23.3. The molecule has 2 rings (SSSR count). The molecule has 0 atom stereocenters. The summed E-state index contributed by atoms with van der Waals surface area (Å²) in [6.07, 6.45) is 0. The molecule has 1 amide bonds. The molecule has 0 aliphatic heterocycles. The molecule has 0 saturated carbocycles. The van der Waals surface area contributed by atoms with Gasteiger partial charge in [-0.2, -0.15) is 4.31 Å². The van der Waals surface area contributed by atoms with Gasteiger partial charge in [0.25, 0.3) is 0 Å². The number of carbonyl (C=O) groups is 3. The molecule has 2 aromatic rings. The van der Waals surface area contributed by atoms with E-state index in [1.807, 2.05) is 0 Å². The van der Waals surface area contributed by atoms with Gasteiger partial charge in [-0.3, -0.25) is 4.79 Å². The van der Waals surface area contributed by atoms with Crippen LogP contribution in [0.3, 0.4) is 0 Å². The van der Waals surface area contributed by atoms with Gasteiger partial charge < -0.3 is 14.8 Å². The highest BCUT2D eigenvalue weighted by molar-refractivity contribution is 7.89. The third-order valence-corrected chi connectivity index (χ3v) is 6.56. The van der Waals surface area contributed by atoms with Crippen molar-refractivity contribution in [2.75, 3.05) is 33.1 Å². The summed E-state index contributed by atoms with van der Waals surface area (Å²) in [5.74, 6) is -2.47. The Morgan fingerprint density at radius 1 is 1.00 bits per heavy atom. The van der Waals surface area contributed by atoms with Crippen LogP contribution in [0.4, 0.5) is 5.69 Å². The molecule has 0 bridgehead atoms. The fourth-order valence-corrected chi connectivity index (χ4v) is 4.33. The van der Waals surface area contributed by atoms with Crippen LogP contribution in [-0.4, -0.2) is 58.4 Å². The number of nitrogens with one attached hydrogen (secondary N) is 1. The summed E-state index contributed by atoms with van der Waals surface area (Å²) >= 11 is 12.0. The van der Waals surface area contributed by atoms with Gasteiger partial charge in [0.1, 0.15) is 0 Å². The molecule has 0 aliphatic carbocycles. The van der Waals surface area contributed by atoms with E-state index in [0.717, 1.165) is 33.4 Å². The molecule has 0 radical (unpaired) electrons. The number of sulfonamides is 1. The second-order valence-electron chi connectivity index (χ2n) is 6.10. The first kappa shape index (κ1) is 24.6. The van der Waals surface area contributed by atoms with Gasteiger partial charge in [0.05, 0.1) is 52.5 Å². The summed E-state index contributed by atoms with van der Waals surface area (Å²) < 4.78 is 36.1. The fraction of sp³-hybridized carbons (Fsp3) is 0.211. The monoisotopic (exact) mass is 488 g/mol. The normalized spacial score (nSPS) is 11.2. The summed E-state index contributed by atoms with van der Waals surface area (Å²) in [7, 11) is -1.06. The van der Waals surface area contributed by atoms with E-state index in [1.165, 1.54) is 18.2 Å². The van der Waals surface area contributed by atoms with Crippen LogP contribution < -0.4 is 5.32 Å². The Hall–Kier alpha value is -2.66. The quantitative estimate of drug-likeness (QED) is 0.594. The largest absolute Gasteiger partial charge is 0.465 e. The number of hydrogen-bond donors (Lipinski definition) is 1. The molecule has 31 heavy (non-hydrogen) atoms. The molecule has 166 valence electrons. The number of likely N-dealkylation sites (N-methyl/N-ethyl adjacent to an activating group) is 1. The minimum atomic E-state index is -4.40. The van der Waals surface area contributed by atoms with Crippen LogP contribution in [0.15, 0.2) is 41.3 Å². The van der Waals surface area contributed by atoms with Crippen molar-refractivity contribution in [3.63, 3.8) is 0 Å². The topological polar surface area (TPSA) is 119 Å². The van der Waals surface area contributed by atoms with Crippen molar-refractivity contribution in [2.24, 2.45) is 0 Å². The Kier molecular flexibility index (Phi) is 8.02. The molecule has 2 aromatic carbocycles. The molecule has 12 heteroatoms. The van der Waals surface area contributed by atoms with E-state index in [2.05, 4.69) is 14.8 Å². The maximum atomic E-state index is 13.1. The van der Waals surface area contributed by atoms with Gasteiger partial charge in [0, 0.05) is 7.05 Å². The lowest BCUT2D eigenvalue weighted by atomic mass is 10.1. The summed E-state index contributed by atoms with van der Waals surface area (Å²) in [5.41, 5.74) is -0.282. The standard InChI is InChI=1S/C19H18Cl2N2O7S/c1-23(10-16(24)22-17-13(20)5-4-6-14(17)21)31(27,28)15-9-11(18(25)29-2)7-8-12(15)19(26)30-3/h4-9H,10H2,1-3H3,(H,22,24). The Labute approximate surface area is 188 Å². The first-order valence-corrected chi connectivity index (χ1v) is 10.7. The molecule has 0 saturated heterocycles. The highest BCUT2D eigenvalue weighted by Gasteiger charge is 2.30. The van der Waals surface area contributed by atoms with E-state index in [4.69, 9.17) is 23.2 Å². The number of carbonyl (C=O) groups excluding carboxylic acids is 3. The number of nitrogens with zero attached hydrogens (tertiary/aromatic N) is 1. The van der Waals surface area contributed by atoms with E-state index in [1.54, 1.807) is 6.07 Å². The SMILES string of the molecule is COC(=O)c1ccc(C(=O)OC)c(S(=O)(=O)N(C)CC(=O)Nc2c(Cl)cccc2Cl)c1. The van der Waals surface area contributed by atoms with Crippen molar-refractivity contribution in [1.29, 1.82) is 0 Å². The van der Waals surface area contributed by atoms with Crippen LogP contribution >= 0.6 is 23.2 Å². The van der Waals surface area contributed by atoms with Crippen LogP contribution in [0.25, 0.3) is 0 Å². The summed E-state index contributed by atoms with van der Waals surface area (Å²) in [4.78, 5) is 35.8. The lowest BCUT2D eigenvalue weighted by molar-refractivity contribution is -0.116. The lowest BCUT2D eigenvalue weighted by Crippen LogP contribution is -2.36. The van der Waals surface area contributed by atoms with E-state index in [9.17, 15) is 22.8 Å². The maximum Gasteiger partial charge on any atom is 0.339 e. The Morgan fingerprint density at radius 3 is 2.13 bits per heavy atom. The molecular weight excluding hydrogens is 471 g/mol.